The first-order chi connectivity index (χ1) is 18.1. The third-order valence-corrected chi connectivity index (χ3v) is 10.7. The van der Waals surface area contributed by atoms with E-state index in [0.29, 0.717) is 25.1 Å². The number of alkyl halides is 7. The van der Waals surface area contributed by atoms with Crippen LogP contribution in [0.1, 0.15) is 36.0 Å². The van der Waals surface area contributed by atoms with E-state index in [-0.39, 0.29) is 47.7 Å². The Kier molecular flexibility index (Phi) is 6.33. The van der Waals surface area contributed by atoms with Crippen LogP contribution >= 0.6 is 0 Å². The number of likely N-dealkylation sites (tertiary alicyclic amines) is 1. The summed E-state index contributed by atoms with van der Waals surface area (Å²) < 4.78 is 136. The third-order valence-electron chi connectivity index (χ3n) is 8.13. The molecule has 2 heterocycles. The molecule has 2 fully saturated rings. The van der Waals surface area contributed by atoms with Crippen LogP contribution in [0.4, 0.5) is 35.1 Å². The summed E-state index contributed by atoms with van der Waals surface area (Å²) in [6, 6.07) is 3.97. The van der Waals surface area contributed by atoms with Crippen molar-refractivity contribution < 1.29 is 48.3 Å². The van der Waals surface area contributed by atoms with Gasteiger partial charge in [0.25, 0.3) is 0 Å². The summed E-state index contributed by atoms with van der Waals surface area (Å²) in [5.41, 5.74) is -7.58. The number of sulfone groups is 1. The third kappa shape index (κ3) is 3.88. The highest BCUT2D eigenvalue weighted by Gasteiger charge is 2.74. The van der Waals surface area contributed by atoms with Crippen LogP contribution in [0.15, 0.2) is 47.4 Å². The molecule has 2 aliphatic heterocycles. The quantitative estimate of drug-likeness (QED) is 0.420. The first-order valence-electron chi connectivity index (χ1n) is 12.1. The van der Waals surface area contributed by atoms with E-state index in [9.17, 15) is 48.3 Å². The van der Waals surface area contributed by atoms with Gasteiger partial charge < -0.3 is 5.32 Å². The van der Waals surface area contributed by atoms with Crippen molar-refractivity contribution in [1.29, 1.82) is 0 Å². The van der Waals surface area contributed by atoms with E-state index in [1.807, 2.05) is 0 Å². The van der Waals surface area contributed by atoms with Crippen LogP contribution in [0.3, 0.4) is 0 Å². The Morgan fingerprint density at radius 3 is 2.13 bits per heavy atom. The number of halogens is 8. The predicted octanol–water partition coefficient (Wildman–Crippen LogP) is 4.69. The minimum atomic E-state index is -6.32. The first kappa shape index (κ1) is 27.8. The summed E-state index contributed by atoms with van der Waals surface area (Å²) in [5, 5.41) is 2.68. The van der Waals surface area contributed by atoms with Gasteiger partial charge in [0.15, 0.2) is 9.84 Å². The largest absolute Gasteiger partial charge is 0.435 e. The maximum absolute atomic E-state index is 14.9. The molecule has 212 valence electrons. The van der Waals surface area contributed by atoms with Crippen molar-refractivity contribution in [3.8, 4) is 0 Å². The van der Waals surface area contributed by atoms with Gasteiger partial charge in [-0.05, 0) is 61.1 Å². The molecule has 0 spiro atoms. The Labute approximate surface area is 218 Å². The molecule has 2 aromatic carbocycles. The Balaban J connectivity index is 1.71. The number of hydrogen-bond donors (Lipinski definition) is 1. The molecule has 2 aromatic rings. The maximum atomic E-state index is 14.9. The van der Waals surface area contributed by atoms with E-state index >= 15 is 0 Å². The highest BCUT2D eigenvalue weighted by atomic mass is 32.2. The number of aryl methyl sites for hydroxylation is 1. The lowest BCUT2D eigenvalue weighted by molar-refractivity contribution is -0.348. The Hall–Kier alpha value is -2.74. The van der Waals surface area contributed by atoms with Gasteiger partial charge in [-0.1, -0.05) is 18.2 Å². The Bertz CT molecular complexity index is 1390. The van der Waals surface area contributed by atoms with Crippen molar-refractivity contribution in [2.75, 3.05) is 13.1 Å². The van der Waals surface area contributed by atoms with Gasteiger partial charge >= 0.3 is 18.0 Å². The van der Waals surface area contributed by atoms with Gasteiger partial charge in [0.05, 0.1) is 10.9 Å². The van der Waals surface area contributed by atoms with Crippen LogP contribution in [-0.4, -0.2) is 56.8 Å². The summed E-state index contributed by atoms with van der Waals surface area (Å²) in [6.07, 6.45) is -12.6. The zero-order chi connectivity index (χ0) is 28.6. The second-order valence-electron chi connectivity index (χ2n) is 10.0. The van der Waals surface area contributed by atoms with E-state index in [1.165, 1.54) is 0 Å². The average Bonchev–Trinajstić information content (AvgIpc) is 3.46. The SMILES string of the molecule is O=C1NCC[C@H]1N1CC[C@@]2(S(=O)(=O)c3ccc(F)cc3)c3ccc(C(F)(C(F)(F)F)C(F)(F)F)cc3CC[C@@H]12. The maximum Gasteiger partial charge on any atom is 0.435 e. The van der Waals surface area contributed by atoms with E-state index in [1.54, 1.807) is 4.90 Å². The number of rotatable bonds is 4. The lowest BCUT2D eigenvalue weighted by Crippen LogP contribution is -2.54. The zero-order valence-corrected chi connectivity index (χ0v) is 20.9. The van der Waals surface area contributed by atoms with Crippen molar-refractivity contribution in [1.82, 2.24) is 10.2 Å². The van der Waals surface area contributed by atoms with E-state index in [4.69, 9.17) is 0 Å². The molecule has 3 atom stereocenters. The molecule has 39 heavy (non-hydrogen) atoms. The lowest BCUT2D eigenvalue weighted by atomic mass is 9.76. The number of nitrogens with one attached hydrogen (secondary N) is 1. The van der Waals surface area contributed by atoms with Crippen molar-refractivity contribution in [3.05, 3.63) is 65.0 Å². The van der Waals surface area contributed by atoms with E-state index in [2.05, 4.69) is 5.32 Å². The van der Waals surface area contributed by atoms with Crippen LogP contribution in [0, 0.1) is 5.82 Å². The number of amides is 1. The van der Waals surface area contributed by atoms with Gasteiger partial charge in [-0.2, -0.15) is 26.3 Å². The fourth-order valence-electron chi connectivity index (χ4n) is 6.36. The molecule has 3 aliphatic rings. The molecule has 0 bridgehead atoms. The van der Waals surface area contributed by atoms with E-state index < -0.39 is 56.1 Å². The van der Waals surface area contributed by atoms with Crippen molar-refractivity contribution in [2.45, 2.75) is 65.4 Å². The molecule has 1 aliphatic carbocycles. The van der Waals surface area contributed by atoms with Crippen molar-refractivity contribution >= 4 is 15.7 Å². The standard InChI is InChI=1S/C25H22F8N2O3S/c26-16-3-5-17(6-4-16)39(37,38)22-10-12-35(19-9-11-34-21(19)36)20(22)8-1-14-13-15(2-7-18(14)22)23(27,24(28,29)30)25(31,32)33/h2-7,13,19-20H,1,8-12H2,(H,34,36)/t19-,20-,22-/m1/s1. The number of fused-ring (bicyclic) bond motifs is 3. The van der Waals surface area contributed by atoms with Gasteiger partial charge in [0.1, 0.15) is 10.6 Å². The molecular formula is C25H22F8N2O3S. The fraction of sp³-hybridized carbons (Fsp3) is 0.480. The minimum absolute atomic E-state index is 0.0298. The van der Waals surface area contributed by atoms with Gasteiger partial charge in [-0.25, -0.2) is 17.2 Å². The molecule has 0 radical (unpaired) electrons. The molecule has 14 heteroatoms. The summed E-state index contributed by atoms with van der Waals surface area (Å²) >= 11 is 0. The fourth-order valence-corrected chi connectivity index (χ4v) is 8.73. The van der Waals surface area contributed by atoms with Crippen LogP contribution in [0.25, 0.3) is 0 Å². The summed E-state index contributed by atoms with van der Waals surface area (Å²) in [4.78, 5) is 13.9. The van der Waals surface area contributed by atoms with Gasteiger partial charge in [-0.3, -0.25) is 9.69 Å². The summed E-state index contributed by atoms with van der Waals surface area (Å²) in [5.74, 6) is -1.03. The Morgan fingerprint density at radius 2 is 1.56 bits per heavy atom. The number of carbonyl (C=O) groups is 1. The normalized spacial score (nSPS) is 26.3. The predicted molar refractivity (Wildman–Crippen MR) is 121 cm³/mol. The van der Waals surface area contributed by atoms with Crippen molar-refractivity contribution in [2.24, 2.45) is 0 Å². The van der Waals surface area contributed by atoms with Crippen LogP contribution < -0.4 is 5.32 Å². The molecule has 0 unspecified atom stereocenters. The summed E-state index contributed by atoms with van der Waals surface area (Å²) in [6.45, 7) is 0.459. The number of nitrogens with zero attached hydrogens (tertiary/aromatic N) is 1. The second-order valence-corrected chi connectivity index (χ2v) is 12.2. The van der Waals surface area contributed by atoms with Gasteiger partial charge in [0, 0.05) is 24.7 Å². The molecule has 2 saturated heterocycles. The zero-order valence-electron chi connectivity index (χ0n) is 20.0. The highest BCUT2D eigenvalue weighted by molar-refractivity contribution is 7.92. The van der Waals surface area contributed by atoms with Crippen LogP contribution in [0.5, 0.6) is 0 Å². The smallest absolute Gasteiger partial charge is 0.355 e. The number of benzene rings is 2. The molecular weight excluding hydrogens is 560 g/mol. The Morgan fingerprint density at radius 1 is 0.923 bits per heavy atom. The highest BCUT2D eigenvalue weighted by Crippen LogP contribution is 2.57. The topological polar surface area (TPSA) is 66.5 Å². The number of carbonyl (C=O) groups excluding carboxylic acids is 1. The molecule has 5 rings (SSSR count). The summed E-state index contributed by atoms with van der Waals surface area (Å²) in [7, 11) is -4.45. The van der Waals surface area contributed by atoms with Crippen LogP contribution in [-0.2, 0) is 31.5 Å². The molecule has 5 nitrogen and oxygen atoms in total. The molecule has 1 amide bonds. The average molecular weight is 583 g/mol. The van der Waals surface area contributed by atoms with E-state index in [0.717, 1.165) is 30.3 Å². The van der Waals surface area contributed by atoms with Crippen LogP contribution in [0.2, 0.25) is 0 Å². The second kappa shape index (κ2) is 8.88. The minimum Gasteiger partial charge on any atom is -0.355 e. The number of hydrogen-bond acceptors (Lipinski definition) is 4. The molecule has 1 N–H and O–H groups in total. The van der Waals surface area contributed by atoms with Gasteiger partial charge in [-0.15, -0.1) is 0 Å². The first-order valence-corrected chi connectivity index (χ1v) is 13.5. The monoisotopic (exact) mass is 582 g/mol. The van der Waals surface area contributed by atoms with Gasteiger partial charge in [0.2, 0.25) is 5.91 Å². The molecule has 0 saturated carbocycles. The lowest BCUT2D eigenvalue weighted by Gasteiger charge is -2.44. The van der Waals surface area contributed by atoms with Crippen molar-refractivity contribution in [3.63, 3.8) is 0 Å². The molecule has 0 aromatic heterocycles.